The summed E-state index contributed by atoms with van der Waals surface area (Å²) in [5, 5.41) is 0. The van der Waals surface area contributed by atoms with E-state index in [1.54, 1.807) is 0 Å². The molecule has 0 radical (unpaired) electrons. The van der Waals surface area contributed by atoms with Crippen molar-refractivity contribution in [2.24, 2.45) is 0 Å². The maximum Gasteiger partial charge on any atom is 0.306 e. The first-order valence-electron chi connectivity index (χ1n) is 35.3. The summed E-state index contributed by atoms with van der Waals surface area (Å²) in [5.74, 6) is -0.849. The molecule has 0 N–H and O–H groups in total. The molecule has 0 aromatic carbocycles. The molecule has 1 unspecified atom stereocenters. The van der Waals surface area contributed by atoms with Crippen LogP contribution in [0.25, 0.3) is 0 Å². The summed E-state index contributed by atoms with van der Waals surface area (Å²) in [7, 11) is 0. The molecule has 0 aliphatic heterocycles. The van der Waals surface area contributed by atoms with Gasteiger partial charge in [-0.1, -0.05) is 351 Å². The van der Waals surface area contributed by atoms with Crippen LogP contribution in [0.4, 0.5) is 0 Å². The van der Waals surface area contributed by atoms with Crippen molar-refractivity contribution in [3.63, 3.8) is 0 Å². The molecule has 6 nitrogen and oxygen atoms in total. The average Bonchev–Trinajstić information content (AvgIpc) is 3.46. The molecular weight excluding hydrogens is 985 g/mol. The van der Waals surface area contributed by atoms with Gasteiger partial charge in [-0.3, -0.25) is 14.4 Å². The molecule has 0 saturated heterocycles. The van der Waals surface area contributed by atoms with Crippen LogP contribution in [-0.4, -0.2) is 37.2 Å². The molecule has 466 valence electrons. The molecular formula is C74H134O6. The van der Waals surface area contributed by atoms with E-state index in [1.165, 1.54) is 238 Å². The minimum atomic E-state index is -0.775. The molecule has 0 amide bonds. The minimum Gasteiger partial charge on any atom is -0.462 e. The Hall–Kier alpha value is -2.89. The fourth-order valence-corrected chi connectivity index (χ4v) is 10.5. The second kappa shape index (κ2) is 68.6. The van der Waals surface area contributed by atoms with Gasteiger partial charge in [0.25, 0.3) is 0 Å². The molecule has 0 heterocycles. The van der Waals surface area contributed by atoms with Gasteiger partial charge in [0, 0.05) is 19.3 Å². The molecule has 80 heavy (non-hydrogen) atoms. The minimum absolute atomic E-state index is 0.0701. The average molecular weight is 1120 g/mol. The Morgan fingerprint density at radius 3 is 0.762 bits per heavy atom. The van der Waals surface area contributed by atoms with Crippen molar-refractivity contribution in [2.45, 2.75) is 380 Å². The Labute approximate surface area is 498 Å². The fourth-order valence-electron chi connectivity index (χ4n) is 10.5. The van der Waals surface area contributed by atoms with E-state index in [-0.39, 0.29) is 31.1 Å². The van der Waals surface area contributed by atoms with E-state index in [0.29, 0.717) is 19.3 Å². The number of esters is 3. The molecule has 0 bridgehead atoms. The third kappa shape index (κ3) is 65.9. The second-order valence-corrected chi connectivity index (χ2v) is 23.8. The first-order valence-corrected chi connectivity index (χ1v) is 35.3. The van der Waals surface area contributed by atoms with E-state index >= 15 is 0 Å². The van der Waals surface area contributed by atoms with Crippen LogP contribution in [-0.2, 0) is 28.6 Å². The summed E-state index contributed by atoms with van der Waals surface area (Å²) < 4.78 is 17.0. The molecule has 0 saturated carbocycles. The van der Waals surface area contributed by atoms with E-state index in [2.05, 4.69) is 81.5 Å². The van der Waals surface area contributed by atoms with Gasteiger partial charge in [0.1, 0.15) is 13.2 Å². The third-order valence-electron chi connectivity index (χ3n) is 15.8. The highest BCUT2D eigenvalue weighted by Crippen LogP contribution is 2.18. The lowest BCUT2D eigenvalue weighted by Gasteiger charge is -2.18. The number of hydrogen-bond donors (Lipinski definition) is 0. The summed E-state index contributed by atoms with van der Waals surface area (Å²) in [6, 6.07) is 0. The van der Waals surface area contributed by atoms with E-state index in [4.69, 9.17) is 14.2 Å². The van der Waals surface area contributed by atoms with Gasteiger partial charge in [-0.2, -0.15) is 0 Å². The molecule has 0 aromatic rings. The zero-order chi connectivity index (χ0) is 57.8. The van der Waals surface area contributed by atoms with Crippen LogP contribution in [0.2, 0.25) is 0 Å². The van der Waals surface area contributed by atoms with Crippen molar-refractivity contribution in [1.82, 2.24) is 0 Å². The Balaban J connectivity index is 4.30. The summed E-state index contributed by atoms with van der Waals surface area (Å²) in [4.78, 5) is 38.5. The summed E-state index contributed by atoms with van der Waals surface area (Å²) >= 11 is 0. The van der Waals surface area contributed by atoms with Crippen molar-refractivity contribution in [3.05, 3.63) is 60.8 Å². The van der Waals surface area contributed by atoms with Crippen molar-refractivity contribution < 1.29 is 28.6 Å². The molecule has 0 aliphatic carbocycles. The van der Waals surface area contributed by atoms with Crippen LogP contribution in [0.5, 0.6) is 0 Å². The zero-order valence-corrected chi connectivity index (χ0v) is 53.6. The SMILES string of the molecule is CC/C=C\C/C=C\C/C=C\C/C=C\C/C=C\CCCCCCCCCCCC(=O)OCC(COC(=O)CCCCCCCCCCCCCCCCC)OC(=O)CCCCCCCCCCCCCCCCCCCCCCCC. The van der Waals surface area contributed by atoms with Gasteiger partial charge < -0.3 is 14.2 Å². The highest BCUT2D eigenvalue weighted by atomic mass is 16.6. The lowest BCUT2D eigenvalue weighted by molar-refractivity contribution is -0.167. The maximum atomic E-state index is 13.0. The molecule has 0 rings (SSSR count). The normalized spacial score (nSPS) is 12.4. The van der Waals surface area contributed by atoms with Crippen LogP contribution in [0.15, 0.2) is 60.8 Å². The number of carbonyl (C=O) groups excluding carboxylic acids is 3. The summed E-state index contributed by atoms with van der Waals surface area (Å²) in [5.41, 5.74) is 0. The first kappa shape index (κ1) is 77.1. The van der Waals surface area contributed by atoms with Gasteiger partial charge in [-0.05, 0) is 64.2 Å². The number of ether oxygens (including phenoxy) is 3. The zero-order valence-electron chi connectivity index (χ0n) is 53.6. The second-order valence-electron chi connectivity index (χ2n) is 23.8. The van der Waals surface area contributed by atoms with Gasteiger partial charge in [-0.15, -0.1) is 0 Å². The molecule has 1 atom stereocenters. The van der Waals surface area contributed by atoms with Crippen LogP contribution in [0.1, 0.15) is 374 Å². The standard InChI is InChI=1S/C74H134O6/c1-4-7-10-13-16-19-22-25-28-30-32-34-36-37-38-40-41-43-46-49-52-55-58-61-64-67-73(76)79-70-71(69-78-72(75)66-63-60-57-54-51-48-45-27-24-21-18-15-12-9-6-3)80-74(77)68-65-62-59-56-53-50-47-44-42-39-35-33-31-29-26-23-20-17-14-11-8-5-2/h7,10,16,19,25,28,32,34,37-38,71H,4-6,8-9,11-15,17-18,20-24,26-27,29-31,33,35-36,39-70H2,1-3H3/b10-7-,19-16-,28-25-,34-32-,38-37-. The van der Waals surface area contributed by atoms with Crippen LogP contribution < -0.4 is 0 Å². The van der Waals surface area contributed by atoms with E-state index in [9.17, 15) is 14.4 Å². The highest BCUT2D eigenvalue weighted by Gasteiger charge is 2.19. The van der Waals surface area contributed by atoms with E-state index in [0.717, 1.165) is 96.3 Å². The highest BCUT2D eigenvalue weighted by molar-refractivity contribution is 5.71. The predicted molar refractivity (Wildman–Crippen MR) is 348 cm³/mol. The molecule has 0 fully saturated rings. The Morgan fingerprint density at radius 1 is 0.263 bits per heavy atom. The van der Waals surface area contributed by atoms with Crippen molar-refractivity contribution in [2.75, 3.05) is 13.2 Å². The largest absolute Gasteiger partial charge is 0.462 e. The first-order chi connectivity index (χ1) is 39.5. The maximum absolute atomic E-state index is 13.0. The van der Waals surface area contributed by atoms with Gasteiger partial charge in [0.05, 0.1) is 0 Å². The third-order valence-corrected chi connectivity index (χ3v) is 15.8. The quantitative estimate of drug-likeness (QED) is 0.0261. The summed E-state index contributed by atoms with van der Waals surface area (Å²) in [6.07, 6.45) is 88.1. The Morgan fingerprint density at radius 2 is 0.487 bits per heavy atom. The Kier molecular flexibility index (Phi) is 66.1. The van der Waals surface area contributed by atoms with Crippen LogP contribution in [0.3, 0.4) is 0 Å². The monoisotopic (exact) mass is 1120 g/mol. The lowest BCUT2D eigenvalue weighted by Crippen LogP contribution is -2.30. The molecule has 0 spiro atoms. The van der Waals surface area contributed by atoms with E-state index in [1.807, 2.05) is 0 Å². The Bertz CT molecular complexity index is 1430. The molecule has 0 aromatic heterocycles. The van der Waals surface area contributed by atoms with Gasteiger partial charge in [-0.25, -0.2) is 0 Å². The number of carbonyl (C=O) groups is 3. The van der Waals surface area contributed by atoms with Crippen molar-refractivity contribution >= 4 is 17.9 Å². The van der Waals surface area contributed by atoms with E-state index < -0.39 is 6.10 Å². The topological polar surface area (TPSA) is 78.9 Å². The van der Waals surface area contributed by atoms with Crippen molar-refractivity contribution in [3.8, 4) is 0 Å². The van der Waals surface area contributed by atoms with Crippen LogP contribution >= 0.6 is 0 Å². The predicted octanol–water partition coefficient (Wildman–Crippen LogP) is 24.3. The number of rotatable bonds is 65. The van der Waals surface area contributed by atoms with Crippen molar-refractivity contribution in [1.29, 1.82) is 0 Å². The number of unbranched alkanes of at least 4 members (excludes halogenated alkanes) is 44. The van der Waals surface area contributed by atoms with Gasteiger partial charge >= 0.3 is 17.9 Å². The van der Waals surface area contributed by atoms with Gasteiger partial charge in [0.15, 0.2) is 6.10 Å². The fraction of sp³-hybridized carbons (Fsp3) is 0.824. The van der Waals surface area contributed by atoms with Gasteiger partial charge in [0.2, 0.25) is 0 Å². The summed E-state index contributed by atoms with van der Waals surface area (Å²) in [6.45, 7) is 6.59. The smallest absolute Gasteiger partial charge is 0.306 e. The lowest BCUT2D eigenvalue weighted by atomic mass is 10.0. The molecule has 0 aliphatic rings. The molecule has 6 heteroatoms. The number of hydrogen-bond acceptors (Lipinski definition) is 6. The van der Waals surface area contributed by atoms with Crippen LogP contribution in [0, 0.1) is 0 Å². The number of allylic oxidation sites excluding steroid dienone is 10.